The lowest BCUT2D eigenvalue weighted by atomic mass is 10.1. The van der Waals surface area contributed by atoms with Gasteiger partial charge in [-0.05, 0) is 51.2 Å². The zero-order chi connectivity index (χ0) is 12.3. The van der Waals surface area contributed by atoms with Crippen molar-refractivity contribution in [3.8, 4) is 5.75 Å². The van der Waals surface area contributed by atoms with E-state index in [1.54, 1.807) is 12.1 Å². The summed E-state index contributed by atoms with van der Waals surface area (Å²) in [7, 11) is 0. The summed E-state index contributed by atoms with van der Waals surface area (Å²) in [6.45, 7) is 6.00. The fourth-order valence-corrected chi connectivity index (χ4v) is 1.69. The van der Waals surface area contributed by atoms with Crippen LogP contribution in [-0.4, -0.2) is 15.8 Å². The number of halogens is 1. The van der Waals surface area contributed by atoms with Crippen LogP contribution in [0.3, 0.4) is 0 Å². The number of benzene rings is 1. The van der Waals surface area contributed by atoms with Crippen LogP contribution in [0.5, 0.6) is 5.75 Å². The first kappa shape index (κ1) is 13.1. The van der Waals surface area contributed by atoms with E-state index in [0.29, 0.717) is 15.8 Å². The third-order valence-electron chi connectivity index (χ3n) is 1.70. The molecule has 0 unspecified atom stereocenters. The van der Waals surface area contributed by atoms with Crippen molar-refractivity contribution in [2.75, 3.05) is 5.32 Å². The SMILES string of the molecule is CC(C)(C)NC(=S)Nc1cc(Cl)ccc1O. The molecule has 3 N–H and O–H groups in total. The molecule has 1 aromatic rings. The molecule has 0 aliphatic rings. The standard InChI is InChI=1S/C11H15ClN2OS/c1-11(2,3)14-10(16)13-8-6-7(12)4-5-9(8)15/h4-6,15H,1-3H3,(H2,13,14,16). The number of rotatable bonds is 1. The lowest BCUT2D eigenvalue weighted by Crippen LogP contribution is -2.42. The number of hydrogen-bond donors (Lipinski definition) is 3. The van der Waals surface area contributed by atoms with Crippen LogP contribution in [0.1, 0.15) is 20.8 Å². The second-order valence-corrected chi connectivity index (χ2v) is 5.34. The van der Waals surface area contributed by atoms with Crippen LogP contribution in [0.2, 0.25) is 5.02 Å². The van der Waals surface area contributed by atoms with Crippen LogP contribution < -0.4 is 10.6 Å². The van der Waals surface area contributed by atoms with Gasteiger partial charge in [0.1, 0.15) is 5.75 Å². The molecule has 0 aliphatic carbocycles. The minimum atomic E-state index is -0.127. The second-order valence-electron chi connectivity index (χ2n) is 4.49. The Hall–Kier alpha value is -1.00. The molecule has 0 amide bonds. The number of aromatic hydroxyl groups is 1. The van der Waals surface area contributed by atoms with Crippen molar-refractivity contribution in [3.05, 3.63) is 23.2 Å². The molecule has 0 saturated carbocycles. The Morgan fingerprint density at radius 1 is 1.38 bits per heavy atom. The van der Waals surface area contributed by atoms with Crippen molar-refractivity contribution >= 4 is 34.6 Å². The van der Waals surface area contributed by atoms with Gasteiger partial charge >= 0.3 is 0 Å². The fraction of sp³-hybridized carbons (Fsp3) is 0.364. The van der Waals surface area contributed by atoms with E-state index in [2.05, 4.69) is 10.6 Å². The highest BCUT2D eigenvalue weighted by molar-refractivity contribution is 7.80. The van der Waals surface area contributed by atoms with E-state index in [4.69, 9.17) is 23.8 Å². The molecule has 0 saturated heterocycles. The molecule has 16 heavy (non-hydrogen) atoms. The van der Waals surface area contributed by atoms with Gasteiger partial charge in [0.15, 0.2) is 5.11 Å². The highest BCUT2D eigenvalue weighted by Crippen LogP contribution is 2.26. The van der Waals surface area contributed by atoms with Crippen LogP contribution in [0.15, 0.2) is 18.2 Å². The molecular formula is C11H15ClN2OS. The maximum Gasteiger partial charge on any atom is 0.171 e. The highest BCUT2D eigenvalue weighted by atomic mass is 35.5. The molecule has 0 fully saturated rings. The Morgan fingerprint density at radius 2 is 2.00 bits per heavy atom. The number of phenolic OH excluding ortho intramolecular Hbond substituents is 1. The Morgan fingerprint density at radius 3 is 2.56 bits per heavy atom. The Labute approximate surface area is 106 Å². The van der Waals surface area contributed by atoms with E-state index >= 15 is 0 Å². The molecule has 0 aliphatic heterocycles. The van der Waals surface area contributed by atoms with Crippen LogP contribution >= 0.6 is 23.8 Å². The van der Waals surface area contributed by atoms with E-state index in [1.807, 2.05) is 20.8 Å². The van der Waals surface area contributed by atoms with Crippen molar-refractivity contribution in [2.45, 2.75) is 26.3 Å². The Balaban J connectivity index is 2.73. The number of anilines is 1. The summed E-state index contributed by atoms with van der Waals surface area (Å²) in [6.07, 6.45) is 0. The summed E-state index contributed by atoms with van der Waals surface area (Å²) < 4.78 is 0. The van der Waals surface area contributed by atoms with Crippen molar-refractivity contribution in [1.29, 1.82) is 0 Å². The summed E-state index contributed by atoms with van der Waals surface area (Å²) in [5.74, 6) is 0.113. The Kier molecular flexibility index (Phi) is 3.99. The molecule has 5 heteroatoms. The second kappa shape index (κ2) is 4.89. The number of hydrogen-bond acceptors (Lipinski definition) is 2. The molecule has 88 valence electrons. The third-order valence-corrected chi connectivity index (χ3v) is 2.13. The first-order valence-corrected chi connectivity index (χ1v) is 5.64. The minimum absolute atomic E-state index is 0.113. The average Bonchev–Trinajstić information content (AvgIpc) is 2.08. The molecule has 0 radical (unpaired) electrons. The summed E-state index contributed by atoms with van der Waals surface area (Å²) in [4.78, 5) is 0. The topological polar surface area (TPSA) is 44.3 Å². The smallest absolute Gasteiger partial charge is 0.171 e. The largest absolute Gasteiger partial charge is 0.506 e. The molecule has 0 spiro atoms. The average molecular weight is 259 g/mol. The fourth-order valence-electron chi connectivity index (χ4n) is 1.10. The quantitative estimate of drug-likeness (QED) is 0.535. The molecule has 0 aromatic heterocycles. The molecule has 1 aromatic carbocycles. The van der Waals surface area contributed by atoms with Gasteiger partial charge in [0.25, 0.3) is 0 Å². The first-order valence-electron chi connectivity index (χ1n) is 4.85. The normalized spacial score (nSPS) is 11.0. The predicted octanol–water partition coefficient (Wildman–Crippen LogP) is 3.13. The predicted molar refractivity (Wildman–Crippen MR) is 72.2 cm³/mol. The van der Waals surface area contributed by atoms with Crippen LogP contribution in [0.25, 0.3) is 0 Å². The summed E-state index contributed by atoms with van der Waals surface area (Å²) in [6, 6.07) is 4.75. The van der Waals surface area contributed by atoms with Crippen LogP contribution in [0, 0.1) is 0 Å². The summed E-state index contributed by atoms with van der Waals surface area (Å²) in [5, 5.41) is 16.5. The molecule has 0 bridgehead atoms. The minimum Gasteiger partial charge on any atom is -0.506 e. The summed E-state index contributed by atoms with van der Waals surface area (Å²) >= 11 is 10.9. The maximum absolute atomic E-state index is 9.57. The maximum atomic E-state index is 9.57. The zero-order valence-corrected chi connectivity index (χ0v) is 11.0. The molecule has 3 nitrogen and oxygen atoms in total. The highest BCUT2D eigenvalue weighted by Gasteiger charge is 2.12. The van der Waals surface area contributed by atoms with Gasteiger partial charge in [-0.25, -0.2) is 0 Å². The van der Waals surface area contributed by atoms with Gasteiger partial charge in [-0.3, -0.25) is 0 Å². The van der Waals surface area contributed by atoms with Crippen molar-refractivity contribution in [1.82, 2.24) is 5.32 Å². The lowest BCUT2D eigenvalue weighted by molar-refractivity contribution is 0.477. The van der Waals surface area contributed by atoms with Gasteiger partial charge in [0.2, 0.25) is 0 Å². The lowest BCUT2D eigenvalue weighted by Gasteiger charge is -2.23. The number of nitrogens with one attached hydrogen (secondary N) is 2. The molecule has 0 heterocycles. The van der Waals surface area contributed by atoms with Gasteiger partial charge in [-0.2, -0.15) is 0 Å². The first-order chi connectivity index (χ1) is 7.28. The van der Waals surface area contributed by atoms with E-state index in [-0.39, 0.29) is 11.3 Å². The van der Waals surface area contributed by atoms with E-state index in [1.165, 1.54) is 6.07 Å². The summed E-state index contributed by atoms with van der Waals surface area (Å²) in [5.41, 5.74) is 0.368. The van der Waals surface area contributed by atoms with Gasteiger partial charge < -0.3 is 15.7 Å². The van der Waals surface area contributed by atoms with Crippen molar-refractivity contribution in [2.24, 2.45) is 0 Å². The molecule has 1 rings (SSSR count). The van der Waals surface area contributed by atoms with Crippen LogP contribution in [0.4, 0.5) is 5.69 Å². The number of thiocarbonyl (C=S) groups is 1. The van der Waals surface area contributed by atoms with Gasteiger partial charge in [0.05, 0.1) is 5.69 Å². The van der Waals surface area contributed by atoms with Crippen molar-refractivity contribution < 1.29 is 5.11 Å². The van der Waals surface area contributed by atoms with E-state index < -0.39 is 0 Å². The monoisotopic (exact) mass is 258 g/mol. The molecular weight excluding hydrogens is 244 g/mol. The number of phenols is 1. The van der Waals surface area contributed by atoms with E-state index in [0.717, 1.165) is 0 Å². The molecule has 0 atom stereocenters. The van der Waals surface area contributed by atoms with Crippen molar-refractivity contribution in [3.63, 3.8) is 0 Å². The Bertz CT molecular complexity index is 401. The van der Waals surface area contributed by atoms with Gasteiger partial charge in [-0.15, -0.1) is 0 Å². The third kappa shape index (κ3) is 4.24. The zero-order valence-electron chi connectivity index (χ0n) is 9.47. The van der Waals surface area contributed by atoms with Crippen LogP contribution in [-0.2, 0) is 0 Å². The van der Waals surface area contributed by atoms with Gasteiger partial charge in [0, 0.05) is 10.6 Å². The van der Waals surface area contributed by atoms with Gasteiger partial charge in [-0.1, -0.05) is 11.6 Å². The van der Waals surface area contributed by atoms with E-state index in [9.17, 15) is 5.11 Å².